The van der Waals surface area contributed by atoms with Gasteiger partial charge in [-0.3, -0.25) is 9.59 Å². The summed E-state index contributed by atoms with van der Waals surface area (Å²) in [5.74, 6) is -1.24. The van der Waals surface area contributed by atoms with E-state index in [1.807, 2.05) is 0 Å². The van der Waals surface area contributed by atoms with Gasteiger partial charge in [0.1, 0.15) is 0 Å². The molecule has 0 radical (unpaired) electrons. The first-order chi connectivity index (χ1) is 8.06. The summed E-state index contributed by atoms with van der Waals surface area (Å²) in [4.78, 5) is 22.6. The lowest BCUT2D eigenvalue weighted by Gasteiger charge is -2.16. The molecule has 0 aromatic heterocycles. The predicted octanol–water partition coefficient (Wildman–Crippen LogP) is -0.921. The average Bonchev–Trinajstić information content (AvgIpc) is 2.86. The zero-order chi connectivity index (χ0) is 12.4. The number of aliphatic hydroxyl groups is 1. The van der Waals surface area contributed by atoms with Gasteiger partial charge in [-0.2, -0.15) is 0 Å². The second kappa shape index (κ2) is 5.01. The molecule has 1 heterocycles. The van der Waals surface area contributed by atoms with E-state index in [2.05, 4.69) is 10.6 Å². The van der Waals surface area contributed by atoms with Gasteiger partial charge in [-0.25, -0.2) is 0 Å². The van der Waals surface area contributed by atoms with E-state index in [1.54, 1.807) is 0 Å². The summed E-state index contributed by atoms with van der Waals surface area (Å²) in [6.07, 6.45) is 1.83. The number of nitrogens with one attached hydrogen (secondary N) is 2. The van der Waals surface area contributed by atoms with Crippen molar-refractivity contribution in [2.45, 2.75) is 43.9 Å². The van der Waals surface area contributed by atoms with Crippen LogP contribution in [0.4, 0.5) is 0 Å². The number of amides is 1. The summed E-state index contributed by atoms with van der Waals surface area (Å²) in [5, 5.41) is 23.9. The molecule has 4 atom stereocenters. The van der Waals surface area contributed by atoms with Crippen molar-refractivity contribution in [2.75, 3.05) is 6.54 Å². The zero-order valence-corrected chi connectivity index (χ0v) is 9.56. The third-order valence-corrected chi connectivity index (χ3v) is 3.55. The first-order valence-corrected chi connectivity index (χ1v) is 6.01. The topological polar surface area (TPSA) is 98.7 Å². The van der Waals surface area contributed by atoms with Gasteiger partial charge in [0.25, 0.3) is 0 Å². The number of carbonyl (C=O) groups excluding carboxylic acids is 1. The molecule has 0 aromatic carbocycles. The smallest absolute Gasteiger partial charge is 0.306 e. The van der Waals surface area contributed by atoms with Gasteiger partial charge in [-0.05, 0) is 25.7 Å². The minimum atomic E-state index is -0.781. The quantitative estimate of drug-likeness (QED) is 0.513. The van der Waals surface area contributed by atoms with E-state index in [1.165, 1.54) is 0 Å². The molecular weight excluding hydrogens is 224 g/mol. The molecule has 2 aliphatic rings. The lowest BCUT2D eigenvalue weighted by atomic mass is 10.1. The van der Waals surface area contributed by atoms with E-state index < -0.39 is 12.1 Å². The van der Waals surface area contributed by atoms with Crippen molar-refractivity contribution in [2.24, 2.45) is 5.92 Å². The Hall–Kier alpha value is -1.14. The van der Waals surface area contributed by atoms with Gasteiger partial charge in [-0.15, -0.1) is 0 Å². The van der Waals surface area contributed by atoms with Crippen LogP contribution in [0.2, 0.25) is 0 Å². The van der Waals surface area contributed by atoms with Crippen LogP contribution in [0, 0.1) is 5.92 Å². The Morgan fingerprint density at radius 2 is 2.00 bits per heavy atom. The number of β-amino-alcohol motifs (C(OH)–C–C–N with tert-alkyl or cyclic N) is 1. The minimum Gasteiger partial charge on any atom is -0.481 e. The second-order valence-electron chi connectivity index (χ2n) is 4.90. The van der Waals surface area contributed by atoms with Crippen molar-refractivity contribution in [1.82, 2.24) is 10.6 Å². The fourth-order valence-corrected chi connectivity index (χ4v) is 2.56. The van der Waals surface area contributed by atoms with Gasteiger partial charge >= 0.3 is 5.97 Å². The van der Waals surface area contributed by atoms with Crippen LogP contribution in [0.5, 0.6) is 0 Å². The fourth-order valence-electron chi connectivity index (χ4n) is 2.56. The Morgan fingerprint density at radius 3 is 2.53 bits per heavy atom. The highest BCUT2D eigenvalue weighted by Crippen LogP contribution is 2.25. The Bertz CT molecular complexity index is 321. The first kappa shape index (κ1) is 12.3. The van der Waals surface area contributed by atoms with Crippen molar-refractivity contribution < 1.29 is 19.8 Å². The summed E-state index contributed by atoms with van der Waals surface area (Å²) in [7, 11) is 0. The highest BCUT2D eigenvalue weighted by atomic mass is 16.4. The number of carboxylic acids is 1. The van der Waals surface area contributed by atoms with Gasteiger partial charge in [-0.1, -0.05) is 0 Å². The van der Waals surface area contributed by atoms with Gasteiger partial charge in [0.15, 0.2) is 0 Å². The van der Waals surface area contributed by atoms with Crippen molar-refractivity contribution in [1.29, 1.82) is 0 Å². The van der Waals surface area contributed by atoms with Crippen LogP contribution >= 0.6 is 0 Å². The molecule has 0 bridgehead atoms. The molecule has 0 spiro atoms. The molecule has 2 rings (SSSR count). The van der Waals surface area contributed by atoms with Crippen LogP contribution in [-0.2, 0) is 9.59 Å². The molecule has 1 aliphatic heterocycles. The lowest BCUT2D eigenvalue weighted by molar-refractivity contribution is -0.141. The number of carboxylic acid groups (broad SMARTS) is 1. The lowest BCUT2D eigenvalue weighted by Crippen LogP contribution is -2.44. The van der Waals surface area contributed by atoms with Crippen LogP contribution < -0.4 is 10.6 Å². The maximum Gasteiger partial charge on any atom is 0.306 e. The van der Waals surface area contributed by atoms with Crippen LogP contribution in [0.3, 0.4) is 0 Å². The van der Waals surface area contributed by atoms with Gasteiger partial charge in [0, 0.05) is 12.6 Å². The summed E-state index contributed by atoms with van der Waals surface area (Å²) in [6, 6.07) is -0.378. The SMILES string of the molecule is O=C(O)C1CCC(NC(=O)C2CC(O)CN2)C1. The van der Waals surface area contributed by atoms with Crippen LogP contribution in [-0.4, -0.2) is 46.8 Å². The predicted molar refractivity (Wildman–Crippen MR) is 59.3 cm³/mol. The Labute approximate surface area is 99.4 Å². The normalized spacial score (nSPS) is 37.0. The van der Waals surface area contributed by atoms with Crippen LogP contribution in [0.15, 0.2) is 0 Å². The Kier molecular flexibility index (Phi) is 3.63. The second-order valence-corrected chi connectivity index (χ2v) is 4.90. The number of hydrogen-bond donors (Lipinski definition) is 4. The molecule has 6 nitrogen and oxygen atoms in total. The van der Waals surface area contributed by atoms with Crippen molar-refractivity contribution in [3.8, 4) is 0 Å². The summed E-state index contributed by atoms with van der Waals surface area (Å²) >= 11 is 0. The molecule has 1 aliphatic carbocycles. The molecule has 96 valence electrons. The van der Waals surface area contributed by atoms with Gasteiger partial charge < -0.3 is 20.8 Å². The van der Waals surface area contributed by atoms with E-state index in [4.69, 9.17) is 5.11 Å². The molecule has 0 aromatic rings. The fraction of sp³-hybridized carbons (Fsp3) is 0.818. The van der Waals surface area contributed by atoms with E-state index >= 15 is 0 Å². The molecule has 1 amide bonds. The maximum atomic E-state index is 11.8. The molecule has 6 heteroatoms. The Balaban J connectivity index is 1.78. The van der Waals surface area contributed by atoms with E-state index in [0.717, 1.165) is 6.42 Å². The standard InChI is InChI=1S/C11H18N2O4/c14-8-4-9(12-5-8)10(15)13-7-2-1-6(3-7)11(16)17/h6-9,12,14H,1-5H2,(H,13,15)(H,16,17). The molecule has 4 unspecified atom stereocenters. The first-order valence-electron chi connectivity index (χ1n) is 6.01. The van der Waals surface area contributed by atoms with E-state index in [0.29, 0.717) is 25.8 Å². The van der Waals surface area contributed by atoms with Crippen molar-refractivity contribution in [3.63, 3.8) is 0 Å². The number of aliphatic carboxylic acids is 1. The average molecular weight is 242 g/mol. The van der Waals surface area contributed by atoms with Crippen LogP contribution in [0.1, 0.15) is 25.7 Å². The van der Waals surface area contributed by atoms with E-state index in [9.17, 15) is 14.7 Å². The van der Waals surface area contributed by atoms with Gasteiger partial charge in [0.2, 0.25) is 5.91 Å². The molecule has 1 saturated heterocycles. The maximum absolute atomic E-state index is 11.8. The van der Waals surface area contributed by atoms with Gasteiger partial charge in [0.05, 0.1) is 18.1 Å². The minimum absolute atomic E-state index is 0.0388. The molecule has 1 saturated carbocycles. The van der Waals surface area contributed by atoms with E-state index in [-0.39, 0.29) is 23.9 Å². The zero-order valence-electron chi connectivity index (χ0n) is 9.56. The van der Waals surface area contributed by atoms with Crippen LogP contribution in [0.25, 0.3) is 0 Å². The number of aliphatic hydroxyl groups excluding tert-OH is 1. The Morgan fingerprint density at radius 1 is 1.24 bits per heavy atom. The summed E-state index contributed by atoms with van der Waals surface area (Å²) in [6.45, 7) is 0.445. The number of carbonyl (C=O) groups is 2. The molecular formula is C11H18N2O4. The number of rotatable bonds is 3. The highest BCUT2D eigenvalue weighted by molar-refractivity contribution is 5.82. The monoisotopic (exact) mass is 242 g/mol. The summed E-state index contributed by atoms with van der Waals surface area (Å²) in [5.41, 5.74) is 0. The molecule has 4 N–H and O–H groups in total. The molecule has 17 heavy (non-hydrogen) atoms. The molecule has 2 fully saturated rings. The largest absolute Gasteiger partial charge is 0.481 e. The third-order valence-electron chi connectivity index (χ3n) is 3.55. The third kappa shape index (κ3) is 2.95. The van der Waals surface area contributed by atoms with Crippen molar-refractivity contribution >= 4 is 11.9 Å². The highest BCUT2D eigenvalue weighted by Gasteiger charge is 2.33. The number of hydrogen-bond acceptors (Lipinski definition) is 4. The summed E-state index contributed by atoms with van der Waals surface area (Å²) < 4.78 is 0. The van der Waals surface area contributed by atoms with Crippen molar-refractivity contribution in [3.05, 3.63) is 0 Å².